The van der Waals surface area contributed by atoms with Gasteiger partial charge in [-0.25, -0.2) is 0 Å². The number of hydrogen-bond acceptors (Lipinski definition) is 6. The van der Waals surface area contributed by atoms with E-state index >= 15 is 0 Å². The minimum atomic E-state index is -0.763. The van der Waals surface area contributed by atoms with Crippen LogP contribution in [0.3, 0.4) is 0 Å². The van der Waals surface area contributed by atoms with Crippen molar-refractivity contribution < 1.29 is 24.0 Å². The smallest absolute Gasteiger partial charge is 0.233 e. The maximum Gasteiger partial charge on any atom is 0.233 e. The van der Waals surface area contributed by atoms with Crippen LogP contribution >= 0.6 is 12.6 Å². The van der Waals surface area contributed by atoms with E-state index in [1.807, 2.05) is 34.6 Å². The number of nitrogens with one attached hydrogen (secondary N) is 2. The fraction of sp³-hybridized carbons (Fsp3) is 0.773. The summed E-state index contributed by atoms with van der Waals surface area (Å²) in [6.07, 6.45) is 1.08. The lowest BCUT2D eigenvalue weighted by atomic mass is 9.76. The summed E-state index contributed by atoms with van der Waals surface area (Å²) < 4.78 is 0. The van der Waals surface area contributed by atoms with Crippen LogP contribution in [0, 0.1) is 17.3 Å². The highest BCUT2D eigenvalue weighted by Gasteiger charge is 2.36. The molecule has 0 unspecified atom stereocenters. The van der Waals surface area contributed by atoms with E-state index in [9.17, 15) is 24.0 Å². The van der Waals surface area contributed by atoms with Crippen LogP contribution in [-0.2, 0) is 24.0 Å². The zero-order valence-electron chi connectivity index (χ0n) is 19.5. The zero-order chi connectivity index (χ0) is 23.9. The number of ketones is 1. The largest absolute Gasteiger partial charge is 0.359 e. The van der Waals surface area contributed by atoms with Crippen molar-refractivity contribution in [3.05, 3.63) is 0 Å². The molecular weight excluding hydrogens is 418 g/mol. The van der Waals surface area contributed by atoms with E-state index in [1.165, 1.54) is 0 Å². The van der Waals surface area contributed by atoms with E-state index in [1.54, 1.807) is 7.05 Å². The maximum atomic E-state index is 13.1. The quantitative estimate of drug-likeness (QED) is 0.324. The molecule has 0 bridgehead atoms. The molecule has 9 heteroatoms. The van der Waals surface area contributed by atoms with Crippen LogP contribution in [0.2, 0.25) is 0 Å². The van der Waals surface area contributed by atoms with Gasteiger partial charge >= 0.3 is 0 Å². The van der Waals surface area contributed by atoms with Gasteiger partial charge in [0.05, 0.1) is 11.3 Å². The normalized spacial score (nSPS) is 17.5. The van der Waals surface area contributed by atoms with Crippen LogP contribution < -0.4 is 10.6 Å². The van der Waals surface area contributed by atoms with Gasteiger partial charge in [0.15, 0.2) is 5.78 Å². The summed E-state index contributed by atoms with van der Waals surface area (Å²) in [5.74, 6) is -1.66. The van der Waals surface area contributed by atoms with Gasteiger partial charge in [0.1, 0.15) is 0 Å². The topological polar surface area (TPSA) is 113 Å². The molecule has 0 radical (unpaired) electrons. The fourth-order valence-corrected chi connectivity index (χ4v) is 3.76. The van der Waals surface area contributed by atoms with Crippen molar-refractivity contribution in [2.24, 2.45) is 17.3 Å². The van der Waals surface area contributed by atoms with Gasteiger partial charge in [-0.05, 0) is 24.2 Å². The van der Waals surface area contributed by atoms with E-state index in [2.05, 4.69) is 23.3 Å². The highest BCUT2D eigenvalue weighted by molar-refractivity contribution is 7.81. The number of rotatable bonds is 11. The van der Waals surface area contributed by atoms with Gasteiger partial charge in [-0.2, -0.15) is 12.6 Å². The molecule has 0 aromatic rings. The molecular formula is C22H37N3O5S. The van der Waals surface area contributed by atoms with E-state index in [-0.39, 0.29) is 61.7 Å². The number of hydrogen-bond donors (Lipinski definition) is 3. The van der Waals surface area contributed by atoms with Gasteiger partial charge in [0.2, 0.25) is 23.6 Å². The second kappa shape index (κ2) is 11.6. The standard InChI is InChI=1S/C22H37N3O5S/c1-13(2)11-15(16(26)12-14(20(29)23-6)22(3,4)5)24-21(30)17(31)9-10-25-18(27)7-8-19(25)28/h13-15,17,31H,7-12H2,1-6H3,(H,23,29)(H,24,30)/t14-,15+,17+/m1/s1. The van der Waals surface area contributed by atoms with Crippen molar-refractivity contribution in [3.63, 3.8) is 0 Å². The predicted molar refractivity (Wildman–Crippen MR) is 121 cm³/mol. The predicted octanol–water partition coefficient (Wildman–Crippen LogP) is 1.72. The zero-order valence-corrected chi connectivity index (χ0v) is 20.4. The first-order valence-corrected chi connectivity index (χ1v) is 11.4. The molecule has 176 valence electrons. The molecule has 2 N–H and O–H groups in total. The number of carbonyl (C=O) groups is 5. The van der Waals surface area contributed by atoms with Crippen molar-refractivity contribution in [2.75, 3.05) is 13.6 Å². The molecule has 1 heterocycles. The Morgan fingerprint density at radius 3 is 2.06 bits per heavy atom. The fourth-order valence-electron chi connectivity index (χ4n) is 3.57. The molecule has 3 atom stereocenters. The summed E-state index contributed by atoms with van der Waals surface area (Å²) in [5.41, 5.74) is -0.414. The van der Waals surface area contributed by atoms with Crippen molar-refractivity contribution in [1.82, 2.24) is 15.5 Å². The minimum absolute atomic E-state index is 0.0227. The van der Waals surface area contributed by atoms with Crippen LogP contribution in [-0.4, -0.2) is 59.2 Å². The summed E-state index contributed by atoms with van der Waals surface area (Å²) in [5, 5.41) is 4.63. The molecule has 31 heavy (non-hydrogen) atoms. The maximum absolute atomic E-state index is 13.1. The van der Waals surface area contributed by atoms with E-state index in [0.29, 0.717) is 6.42 Å². The van der Waals surface area contributed by atoms with Crippen molar-refractivity contribution in [3.8, 4) is 0 Å². The second-order valence-electron chi connectivity index (χ2n) is 9.64. The summed E-state index contributed by atoms with van der Waals surface area (Å²) >= 11 is 4.32. The molecule has 0 saturated carbocycles. The van der Waals surface area contributed by atoms with Gasteiger partial charge in [0, 0.05) is 38.8 Å². The Bertz CT molecular complexity index is 686. The van der Waals surface area contributed by atoms with Gasteiger partial charge < -0.3 is 10.6 Å². The van der Waals surface area contributed by atoms with Crippen LogP contribution in [0.5, 0.6) is 0 Å². The summed E-state index contributed by atoms with van der Waals surface area (Å²) in [4.78, 5) is 62.6. The Morgan fingerprint density at radius 2 is 1.61 bits per heavy atom. The molecule has 8 nitrogen and oxygen atoms in total. The highest BCUT2D eigenvalue weighted by atomic mass is 32.1. The molecule has 1 fully saturated rings. The summed E-state index contributed by atoms with van der Waals surface area (Å²) in [6.45, 7) is 9.75. The molecule has 0 spiro atoms. The van der Waals surface area contributed by atoms with Gasteiger partial charge in [-0.15, -0.1) is 0 Å². The van der Waals surface area contributed by atoms with Crippen LogP contribution in [0.15, 0.2) is 0 Å². The first-order chi connectivity index (χ1) is 14.3. The van der Waals surface area contributed by atoms with Crippen molar-refractivity contribution >= 4 is 42.0 Å². The molecule has 1 aliphatic heterocycles. The Hall–Kier alpha value is -1.90. The third-order valence-corrected chi connectivity index (χ3v) is 6.00. The highest BCUT2D eigenvalue weighted by Crippen LogP contribution is 2.30. The lowest BCUT2D eigenvalue weighted by Crippen LogP contribution is -2.47. The number of imide groups is 1. The minimum Gasteiger partial charge on any atom is -0.359 e. The third kappa shape index (κ3) is 8.27. The lowest BCUT2D eigenvalue weighted by Gasteiger charge is -2.30. The van der Waals surface area contributed by atoms with Gasteiger partial charge in [-0.3, -0.25) is 28.9 Å². The number of carbonyl (C=O) groups excluding carboxylic acids is 5. The molecule has 0 aromatic heterocycles. The molecule has 1 aliphatic rings. The first kappa shape index (κ1) is 27.1. The molecule has 1 rings (SSSR count). The summed E-state index contributed by atoms with van der Waals surface area (Å²) in [6, 6.07) is -0.730. The molecule has 0 aliphatic carbocycles. The number of nitrogens with zero attached hydrogens (tertiary/aromatic N) is 1. The molecule has 1 saturated heterocycles. The van der Waals surface area contributed by atoms with E-state index in [4.69, 9.17) is 0 Å². The molecule has 0 aromatic carbocycles. The first-order valence-electron chi connectivity index (χ1n) is 10.8. The van der Waals surface area contributed by atoms with E-state index in [0.717, 1.165) is 4.90 Å². The van der Waals surface area contributed by atoms with Crippen molar-refractivity contribution in [1.29, 1.82) is 0 Å². The number of amides is 4. The second-order valence-corrected chi connectivity index (χ2v) is 10.3. The van der Waals surface area contributed by atoms with Crippen LogP contribution in [0.25, 0.3) is 0 Å². The third-order valence-electron chi connectivity index (χ3n) is 5.51. The van der Waals surface area contributed by atoms with Gasteiger partial charge in [0.25, 0.3) is 0 Å². The van der Waals surface area contributed by atoms with Crippen molar-refractivity contribution in [2.45, 2.75) is 78.0 Å². The number of thiol groups is 1. The number of likely N-dealkylation sites (tertiary alicyclic amines) is 1. The van der Waals surface area contributed by atoms with Crippen LogP contribution in [0.1, 0.15) is 66.7 Å². The Morgan fingerprint density at radius 1 is 1.06 bits per heavy atom. The Kier molecular flexibility index (Phi) is 10.2. The number of Topliss-reactive ketones (excluding diaryl/α,β-unsaturated/α-hetero) is 1. The average Bonchev–Trinajstić information content (AvgIpc) is 2.99. The van der Waals surface area contributed by atoms with Gasteiger partial charge in [-0.1, -0.05) is 34.6 Å². The van der Waals surface area contributed by atoms with Crippen LogP contribution in [0.4, 0.5) is 0 Å². The SMILES string of the molecule is CNC(=O)[C@@H](CC(=O)[C@H](CC(C)C)NC(=O)[C@@H](S)CCN1C(=O)CCC1=O)C(C)(C)C. The molecule has 4 amide bonds. The Balaban J connectivity index is 2.80. The monoisotopic (exact) mass is 455 g/mol. The average molecular weight is 456 g/mol. The lowest BCUT2D eigenvalue weighted by molar-refractivity contribution is -0.139. The Labute approximate surface area is 190 Å². The van der Waals surface area contributed by atoms with E-state index < -0.39 is 28.5 Å². The summed E-state index contributed by atoms with van der Waals surface area (Å²) in [7, 11) is 1.54.